The first-order valence-corrected chi connectivity index (χ1v) is 8.15. The number of carbonyl (C=O) groups is 1. The van der Waals surface area contributed by atoms with Crippen molar-refractivity contribution in [2.75, 3.05) is 25.1 Å². The van der Waals surface area contributed by atoms with Crippen LogP contribution in [0.25, 0.3) is 0 Å². The van der Waals surface area contributed by atoms with Crippen LogP contribution in [0.5, 0.6) is 11.5 Å². The largest absolute Gasteiger partial charge is 0.493 e. The number of aromatic nitrogens is 2. The molecule has 0 spiro atoms. The van der Waals surface area contributed by atoms with Crippen molar-refractivity contribution in [2.24, 2.45) is 0 Å². The maximum absolute atomic E-state index is 12.0. The molecule has 0 saturated carbocycles. The normalized spacial score (nSPS) is 16.3. The third-order valence-corrected chi connectivity index (χ3v) is 4.44. The monoisotopic (exact) mass is 343 g/mol. The molecule has 132 valence electrons. The zero-order chi connectivity index (χ0) is 17.9. The highest BCUT2D eigenvalue weighted by molar-refractivity contribution is 5.78. The lowest BCUT2D eigenvalue weighted by Crippen LogP contribution is -2.53. The number of hydrogen-bond acceptors (Lipinski definition) is 6. The van der Waals surface area contributed by atoms with Crippen LogP contribution in [0.4, 0.5) is 5.82 Å². The van der Waals surface area contributed by atoms with E-state index in [2.05, 4.69) is 10.2 Å². The van der Waals surface area contributed by atoms with Gasteiger partial charge in [-0.15, -0.1) is 5.10 Å². The van der Waals surface area contributed by atoms with Gasteiger partial charge >= 0.3 is 5.97 Å². The number of carboxylic acids is 1. The van der Waals surface area contributed by atoms with E-state index < -0.39 is 11.6 Å². The number of rotatable bonds is 5. The van der Waals surface area contributed by atoms with E-state index in [4.69, 9.17) is 9.47 Å². The fraction of sp³-hybridized carbons (Fsp3) is 0.389. The first kappa shape index (κ1) is 17.0. The lowest BCUT2D eigenvalue weighted by molar-refractivity contribution is -0.157. The maximum Gasteiger partial charge on any atom is 0.348 e. The summed E-state index contributed by atoms with van der Waals surface area (Å²) in [6.45, 7) is 2.93. The van der Waals surface area contributed by atoms with Gasteiger partial charge in [-0.2, -0.15) is 5.10 Å². The Bertz CT molecular complexity index is 740. The van der Waals surface area contributed by atoms with Gasteiger partial charge in [0, 0.05) is 25.9 Å². The van der Waals surface area contributed by atoms with Crippen LogP contribution in [0.3, 0.4) is 0 Å². The Morgan fingerprint density at radius 2 is 1.80 bits per heavy atom. The number of anilines is 1. The number of aryl methyl sites for hydroxylation is 1. The van der Waals surface area contributed by atoms with Crippen LogP contribution >= 0.6 is 0 Å². The Morgan fingerprint density at radius 1 is 1.12 bits per heavy atom. The number of benzene rings is 1. The molecule has 7 nitrogen and oxygen atoms in total. The van der Waals surface area contributed by atoms with Crippen LogP contribution in [-0.4, -0.2) is 47.1 Å². The predicted molar refractivity (Wildman–Crippen MR) is 92.2 cm³/mol. The van der Waals surface area contributed by atoms with E-state index in [1.165, 1.54) is 7.11 Å². The molecule has 25 heavy (non-hydrogen) atoms. The zero-order valence-corrected chi connectivity index (χ0v) is 14.3. The summed E-state index contributed by atoms with van der Waals surface area (Å²) < 4.78 is 11.2. The van der Waals surface area contributed by atoms with E-state index in [-0.39, 0.29) is 0 Å². The number of piperidine rings is 1. The molecule has 1 aliphatic heterocycles. The molecule has 0 unspecified atom stereocenters. The van der Waals surface area contributed by atoms with Gasteiger partial charge in [0.2, 0.25) is 5.60 Å². The molecule has 2 aromatic rings. The summed E-state index contributed by atoms with van der Waals surface area (Å²) in [5.74, 6) is 0.751. The number of carboxylic acid groups (broad SMARTS) is 1. The van der Waals surface area contributed by atoms with E-state index in [1.807, 2.05) is 30.0 Å². The molecular formula is C18H21N3O4. The SMILES string of the molecule is COc1ccccc1OC1(C(=O)O)CCN(c2ccc(C)nn2)CC1. The average Bonchev–Trinajstić information content (AvgIpc) is 2.63. The van der Waals surface area contributed by atoms with Crippen molar-refractivity contribution in [1.29, 1.82) is 0 Å². The smallest absolute Gasteiger partial charge is 0.348 e. The summed E-state index contributed by atoms with van der Waals surface area (Å²) in [4.78, 5) is 14.0. The minimum atomic E-state index is -1.27. The van der Waals surface area contributed by atoms with E-state index in [9.17, 15) is 9.90 Å². The number of nitrogens with zero attached hydrogens (tertiary/aromatic N) is 3. The quantitative estimate of drug-likeness (QED) is 0.891. The van der Waals surface area contributed by atoms with Crippen molar-refractivity contribution in [3.05, 3.63) is 42.1 Å². The maximum atomic E-state index is 12.0. The zero-order valence-electron chi connectivity index (χ0n) is 14.3. The molecule has 3 rings (SSSR count). The summed E-state index contributed by atoms with van der Waals surface area (Å²) in [7, 11) is 1.54. The van der Waals surface area contributed by atoms with E-state index >= 15 is 0 Å². The predicted octanol–water partition coefficient (Wildman–Crippen LogP) is 2.30. The number of methoxy groups -OCH3 is 1. The topological polar surface area (TPSA) is 84.8 Å². The summed E-state index contributed by atoms with van der Waals surface area (Å²) in [5, 5.41) is 18.0. The van der Waals surface area contributed by atoms with Crippen LogP contribution in [0.1, 0.15) is 18.5 Å². The van der Waals surface area contributed by atoms with Crippen molar-refractivity contribution < 1.29 is 19.4 Å². The molecule has 1 aliphatic rings. The minimum Gasteiger partial charge on any atom is -0.493 e. The van der Waals surface area contributed by atoms with Crippen LogP contribution in [0, 0.1) is 6.92 Å². The van der Waals surface area contributed by atoms with Gasteiger partial charge in [-0.25, -0.2) is 4.79 Å². The summed E-state index contributed by atoms with van der Waals surface area (Å²) in [6, 6.07) is 10.9. The minimum absolute atomic E-state index is 0.343. The molecule has 1 aromatic carbocycles. The second kappa shape index (κ2) is 6.96. The van der Waals surface area contributed by atoms with Gasteiger partial charge in [-0.05, 0) is 31.2 Å². The van der Waals surface area contributed by atoms with E-state index in [0.29, 0.717) is 37.4 Å². The molecule has 2 heterocycles. The molecule has 0 atom stereocenters. The Hall–Kier alpha value is -2.83. The fourth-order valence-corrected chi connectivity index (χ4v) is 2.93. The molecule has 1 N–H and O–H groups in total. The van der Waals surface area contributed by atoms with Gasteiger partial charge in [0.05, 0.1) is 12.8 Å². The number of hydrogen-bond donors (Lipinski definition) is 1. The standard InChI is InChI=1S/C18H21N3O4/c1-13-7-8-16(20-19-13)21-11-9-18(10-12-21,17(22)23)25-15-6-4-3-5-14(15)24-2/h3-8H,9-12H2,1-2H3,(H,22,23). The molecule has 0 radical (unpaired) electrons. The van der Waals surface area contributed by atoms with Crippen LogP contribution in [0.15, 0.2) is 36.4 Å². The third kappa shape index (κ3) is 3.50. The van der Waals surface area contributed by atoms with Gasteiger partial charge in [-0.1, -0.05) is 12.1 Å². The summed E-state index contributed by atoms with van der Waals surface area (Å²) in [5.41, 5.74) is -0.427. The highest BCUT2D eigenvalue weighted by Crippen LogP contribution is 2.35. The van der Waals surface area contributed by atoms with Crippen molar-refractivity contribution in [1.82, 2.24) is 10.2 Å². The van der Waals surface area contributed by atoms with Gasteiger partial charge in [0.15, 0.2) is 17.3 Å². The van der Waals surface area contributed by atoms with Gasteiger partial charge in [0.25, 0.3) is 0 Å². The molecule has 1 saturated heterocycles. The van der Waals surface area contributed by atoms with E-state index in [1.54, 1.807) is 18.2 Å². The van der Waals surface area contributed by atoms with Crippen LogP contribution < -0.4 is 14.4 Å². The van der Waals surface area contributed by atoms with Crippen molar-refractivity contribution in [3.8, 4) is 11.5 Å². The number of para-hydroxylation sites is 2. The Balaban J connectivity index is 1.77. The molecule has 0 aliphatic carbocycles. The van der Waals surface area contributed by atoms with Gasteiger partial charge in [-0.3, -0.25) is 0 Å². The average molecular weight is 343 g/mol. The van der Waals surface area contributed by atoms with Crippen molar-refractivity contribution >= 4 is 11.8 Å². The highest BCUT2D eigenvalue weighted by Gasteiger charge is 2.44. The molecule has 1 aromatic heterocycles. The summed E-state index contributed by atoms with van der Waals surface area (Å²) in [6.07, 6.45) is 0.686. The first-order valence-electron chi connectivity index (χ1n) is 8.15. The third-order valence-electron chi connectivity index (χ3n) is 4.44. The van der Waals surface area contributed by atoms with Gasteiger partial charge < -0.3 is 19.5 Å². The number of aliphatic carboxylic acids is 1. The molecular weight excluding hydrogens is 322 g/mol. The molecule has 0 amide bonds. The van der Waals surface area contributed by atoms with Gasteiger partial charge in [0.1, 0.15) is 0 Å². The summed E-state index contributed by atoms with van der Waals surface area (Å²) >= 11 is 0. The Labute approximate surface area is 146 Å². The Kier molecular flexibility index (Phi) is 4.74. The van der Waals surface area contributed by atoms with Crippen molar-refractivity contribution in [3.63, 3.8) is 0 Å². The molecule has 7 heteroatoms. The first-order chi connectivity index (χ1) is 12.0. The van der Waals surface area contributed by atoms with Crippen molar-refractivity contribution in [2.45, 2.75) is 25.4 Å². The van der Waals surface area contributed by atoms with Crippen LogP contribution in [0.2, 0.25) is 0 Å². The second-order valence-electron chi connectivity index (χ2n) is 6.07. The lowest BCUT2D eigenvalue weighted by atomic mass is 9.91. The Morgan fingerprint density at radius 3 is 2.36 bits per heavy atom. The highest BCUT2D eigenvalue weighted by atomic mass is 16.5. The van der Waals surface area contributed by atoms with Crippen LogP contribution in [-0.2, 0) is 4.79 Å². The second-order valence-corrected chi connectivity index (χ2v) is 6.07. The lowest BCUT2D eigenvalue weighted by Gasteiger charge is -2.39. The molecule has 1 fully saturated rings. The van der Waals surface area contributed by atoms with E-state index in [0.717, 1.165) is 11.5 Å². The number of ether oxygens (including phenoxy) is 2. The fourth-order valence-electron chi connectivity index (χ4n) is 2.93. The molecule has 0 bridgehead atoms.